The zero-order chi connectivity index (χ0) is 13.2. The molecule has 3 rings (SSSR count). The Morgan fingerprint density at radius 1 is 1.21 bits per heavy atom. The monoisotopic (exact) mass is 255 g/mol. The predicted octanol–water partition coefficient (Wildman–Crippen LogP) is 3.02. The maximum absolute atomic E-state index is 4.68. The number of hydrogen-bond donors (Lipinski definition) is 2. The summed E-state index contributed by atoms with van der Waals surface area (Å²) >= 11 is 0. The van der Waals surface area contributed by atoms with Crippen LogP contribution in [0.25, 0.3) is 10.9 Å². The molecular formula is C16H21N3. The van der Waals surface area contributed by atoms with Gasteiger partial charge in [-0.1, -0.05) is 6.07 Å². The van der Waals surface area contributed by atoms with Crippen LogP contribution in [0, 0.1) is 13.8 Å². The molecule has 0 amide bonds. The zero-order valence-corrected chi connectivity index (χ0v) is 11.7. The molecule has 1 aliphatic rings. The van der Waals surface area contributed by atoms with Crippen molar-refractivity contribution >= 4 is 16.6 Å². The number of hydrogen-bond acceptors (Lipinski definition) is 3. The number of fused-ring (bicyclic) bond motifs is 1. The fourth-order valence-corrected chi connectivity index (χ4v) is 2.70. The first-order chi connectivity index (χ1) is 9.24. The lowest BCUT2D eigenvalue weighted by atomic mass is 10.0. The first-order valence-electron chi connectivity index (χ1n) is 7.08. The van der Waals surface area contributed by atoms with E-state index in [0.717, 1.165) is 24.3 Å². The van der Waals surface area contributed by atoms with Crippen LogP contribution in [0.1, 0.15) is 24.1 Å². The SMILES string of the molecule is Cc1cc2c(NC3CCNCC3)cccc2nc1C. The fourth-order valence-electron chi connectivity index (χ4n) is 2.70. The summed E-state index contributed by atoms with van der Waals surface area (Å²) in [5.41, 5.74) is 4.68. The van der Waals surface area contributed by atoms with E-state index < -0.39 is 0 Å². The normalized spacial score (nSPS) is 16.7. The Bertz CT molecular complexity index is 586. The number of anilines is 1. The molecule has 0 atom stereocenters. The van der Waals surface area contributed by atoms with Crippen LogP contribution in [0.5, 0.6) is 0 Å². The lowest BCUT2D eigenvalue weighted by Gasteiger charge is -2.25. The van der Waals surface area contributed by atoms with E-state index in [-0.39, 0.29) is 0 Å². The first-order valence-corrected chi connectivity index (χ1v) is 7.08. The summed E-state index contributed by atoms with van der Waals surface area (Å²) in [7, 11) is 0. The van der Waals surface area contributed by atoms with Crippen LogP contribution in [-0.2, 0) is 0 Å². The summed E-state index contributed by atoms with van der Waals surface area (Å²) < 4.78 is 0. The van der Waals surface area contributed by atoms with E-state index in [4.69, 9.17) is 0 Å². The number of rotatable bonds is 2. The third-order valence-electron chi connectivity index (χ3n) is 4.00. The average molecular weight is 255 g/mol. The minimum Gasteiger partial charge on any atom is -0.382 e. The van der Waals surface area contributed by atoms with Crippen molar-refractivity contribution in [2.24, 2.45) is 0 Å². The van der Waals surface area contributed by atoms with Gasteiger partial charge < -0.3 is 10.6 Å². The molecule has 3 nitrogen and oxygen atoms in total. The summed E-state index contributed by atoms with van der Waals surface area (Å²) in [4.78, 5) is 4.68. The highest BCUT2D eigenvalue weighted by molar-refractivity contribution is 5.92. The number of aryl methyl sites for hydroxylation is 2. The number of benzene rings is 1. The molecule has 2 heterocycles. The molecule has 1 fully saturated rings. The minimum absolute atomic E-state index is 0.577. The van der Waals surface area contributed by atoms with Gasteiger partial charge in [-0.2, -0.15) is 0 Å². The standard InChI is InChI=1S/C16H21N3/c1-11-10-14-15(18-12(11)2)4-3-5-16(14)19-13-6-8-17-9-7-13/h3-5,10,13,17,19H,6-9H2,1-2H3. The van der Waals surface area contributed by atoms with E-state index in [2.05, 4.69) is 53.7 Å². The van der Waals surface area contributed by atoms with Crippen molar-refractivity contribution in [3.63, 3.8) is 0 Å². The molecule has 2 aromatic rings. The molecule has 2 N–H and O–H groups in total. The molecule has 0 aliphatic carbocycles. The molecule has 0 unspecified atom stereocenters. The number of nitrogens with zero attached hydrogens (tertiary/aromatic N) is 1. The average Bonchev–Trinajstić information content (AvgIpc) is 2.42. The fraction of sp³-hybridized carbons (Fsp3) is 0.438. The van der Waals surface area contributed by atoms with Crippen LogP contribution in [0.4, 0.5) is 5.69 Å². The molecule has 1 saturated heterocycles. The molecule has 0 spiro atoms. The summed E-state index contributed by atoms with van der Waals surface area (Å²) in [5.74, 6) is 0. The van der Waals surface area contributed by atoms with Gasteiger partial charge in [0.05, 0.1) is 5.52 Å². The highest BCUT2D eigenvalue weighted by atomic mass is 15.0. The third kappa shape index (κ3) is 2.56. The smallest absolute Gasteiger partial charge is 0.0726 e. The molecule has 0 radical (unpaired) electrons. The highest BCUT2D eigenvalue weighted by Crippen LogP contribution is 2.25. The summed E-state index contributed by atoms with van der Waals surface area (Å²) in [5, 5.41) is 8.33. The van der Waals surface area contributed by atoms with Crippen molar-refractivity contribution in [3.8, 4) is 0 Å². The van der Waals surface area contributed by atoms with Crippen molar-refractivity contribution in [2.75, 3.05) is 18.4 Å². The maximum atomic E-state index is 4.68. The van der Waals surface area contributed by atoms with Gasteiger partial charge in [0.15, 0.2) is 0 Å². The molecule has 3 heteroatoms. The van der Waals surface area contributed by atoms with Crippen molar-refractivity contribution in [3.05, 3.63) is 35.5 Å². The zero-order valence-electron chi connectivity index (χ0n) is 11.7. The van der Waals surface area contributed by atoms with Gasteiger partial charge in [0, 0.05) is 22.8 Å². The highest BCUT2D eigenvalue weighted by Gasteiger charge is 2.14. The first kappa shape index (κ1) is 12.4. The Hall–Kier alpha value is -1.61. The van der Waals surface area contributed by atoms with E-state index in [1.165, 1.54) is 29.5 Å². The second-order valence-electron chi connectivity index (χ2n) is 5.43. The van der Waals surface area contributed by atoms with Crippen LogP contribution in [-0.4, -0.2) is 24.1 Å². The van der Waals surface area contributed by atoms with Gasteiger partial charge >= 0.3 is 0 Å². The molecule has 19 heavy (non-hydrogen) atoms. The molecule has 1 aliphatic heterocycles. The Morgan fingerprint density at radius 3 is 2.79 bits per heavy atom. The van der Waals surface area contributed by atoms with Gasteiger partial charge in [0.25, 0.3) is 0 Å². The van der Waals surface area contributed by atoms with E-state index >= 15 is 0 Å². The Kier molecular flexibility index (Phi) is 3.38. The van der Waals surface area contributed by atoms with Crippen molar-refractivity contribution in [1.29, 1.82) is 0 Å². The van der Waals surface area contributed by atoms with Gasteiger partial charge in [-0.15, -0.1) is 0 Å². The minimum atomic E-state index is 0.577. The van der Waals surface area contributed by atoms with Crippen LogP contribution < -0.4 is 10.6 Å². The van der Waals surface area contributed by atoms with Crippen LogP contribution in [0.2, 0.25) is 0 Å². The quantitative estimate of drug-likeness (QED) is 0.866. The third-order valence-corrected chi connectivity index (χ3v) is 4.00. The van der Waals surface area contributed by atoms with E-state index in [0.29, 0.717) is 6.04 Å². The van der Waals surface area contributed by atoms with Gasteiger partial charge in [0.1, 0.15) is 0 Å². The van der Waals surface area contributed by atoms with Crippen molar-refractivity contribution < 1.29 is 0 Å². The summed E-state index contributed by atoms with van der Waals surface area (Å²) in [6.45, 7) is 6.42. The van der Waals surface area contributed by atoms with Crippen molar-refractivity contribution in [2.45, 2.75) is 32.7 Å². The second-order valence-corrected chi connectivity index (χ2v) is 5.43. The number of piperidine rings is 1. The lowest BCUT2D eigenvalue weighted by molar-refractivity contribution is 0.479. The number of aromatic nitrogens is 1. The van der Waals surface area contributed by atoms with E-state index in [1.54, 1.807) is 0 Å². The van der Waals surface area contributed by atoms with Crippen LogP contribution >= 0.6 is 0 Å². The Labute approximate surface area is 114 Å². The largest absolute Gasteiger partial charge is 0.382 e. The molecule has 1 aromatic heterocycles. The van der Waals surface area contributed by atoms with Gasteiger partial charge in [0.2, 0.25) is 0 Å². The van der Waals surface area contributed by atoms with E-state index in [1.807, 2.05) is 0 Å². The molecule has 0 saturated carbocycles. The lowest BCUT2D eigenvalue weighted by Crippen LogP contribution is -2.35. The molecular weight excluding hydrogens is 234 g/mol. The maximum Gasteiger partial charge on any atom is 0.0726 e. The summed E-state index contributed by atoms with van der Waals surface area (Å²) in [6, 6.07) is 9.18. The molecule has 1 aromatic carbocycles. The van der Waals surface area contributed by atoms with Gasteiger partial charge in [-0.05, 0) is 63.5 Å². The van der Waals surface area contributed by atoms with Gasteiger partial charge in [-0.25, -0.2) is 0 Å². The number of pyridine rings is 1. The van der Waals surface area contributed by atoms with Crippen LogP contribution in [0.15, 0.2) is 24.3 Å². The van der Waals surface area contributed by atoms with Crippen LogP contribution in [0.3, 0.4) is 0 Å². The number of nitrogens with one attached hydrogen (secondary N) is 2. The van der Waals surface area contributed by atoms with Crippen molar-refractivity contribution in [1.82, 2.24) is 10.3 Å². The predicted molar refractivity (Wildman–Crippen MR) is 80.7 cm³/mol. The topological polar surface area (TPSA) is 37.0 Å². The summed E-state index contributed by atoms with van der Waals surface area (Å²) in [6.07, 6.45) is 2.38. The molecule has 0 bridgehead atoms. The van der Waals surface area contributed by atoms with E-state index in [9.17, 15) is 0 Å². The second kappa shape index (κ2) is 5.17. The van der Waals surface area contributed by atoms with Gasteiger partial charge in [-0.3, -0.25) is 4.98 Å². The molecule has 100 valence electrons. The Balaban J connectivity index is 1.96. The Morgan fingerprint density at radius 2 is 2.00 bits per heavy atom.